The average Bonchev–Trinajstić information content (AvgIpc) is 2.65. The third-order valence-electron chi connectivity index (χ3n) is 3.86. The minimum atomic E-state index is -3.61. The summed E-state index contributed by atoms with van der Waals surface area (Å²) in [6.45, 7) is 7.35. The van der Waals surface area contributed by atoms with E-state index < -0.39 is 13.4 Å². The highest BCUT2D eigenvalue weighted by Gasteiger charge is 2.41. The summed E-state index contributed by atoms with van der Waals surface area (Å²) in [4.78, 5) is 0. The molecule has 1 unspecified atom stereocenters. The summed E-state index contributed by atoms with van der Waals surface area (Å²) < 4.78 is 36.4. The Hall–Kier alpha value is -2.01. The summed E-state index contributed by atoms with van der Waals surface area (Å²) in [5.74, 6) is 0.592. The van der Waals surface area contributed by atoms with Gasteiger partial charge in [0.25, 0.3) is 0 Å². The van der Waals surface area contributed by atoms with Crippen LogP contribution in [0, 0.1) is 0 Å². The molecule has 1 N–H and O–H groups in total. The predicted molar refractivity (Wildman–Crippen MR) is 112 cm³/mol. The number of ether oxygens (including phenoxy) is 2. The molecule has 0 spiro atoms. The second-order valence-corrected chi connectivity index (χ2v) is 8.88. The number of benzene rings is 2. The smallest absolute Gasteiger partial charge is 0.357 e. The number of hydrogen-bond donors (Lipinski definition) is 1. The van der Waals surface area contributed by atoms with Gasteiger partial charge in [0.1, 0.15) is 11.5 Å². The van der Waals surface area contributed by atoms with E-state index in [2.05, 4.69) is 5.32 Å². The van der Waals surface area contributed by atoms with E-state index in [-0.39, 0.29) is 12.2 Å². The van der Waals surface area contributed by atoms with Crippen LogP contribution in [0.2, 0.25) is 0 Å². The first kappa shape index (κ1) is 22.3. The van der Waals surface area contributed by atoms with E-state index in [4.69, 9.17) is 18.5 Å². The fourth-order valence-electron chi connectivity index (χ4n) is 2.80. The molecule has 0 aliphatic rings. The molecular weight excluding hydrogens is 377 g/mol. The molecule has 2 aromatic carbocycles. The molecule has 6 nitrogen and oxygen atoms in total. The van der Waals surface area contributed by atoms with Crippen molar-refractivity contribution in [2.45, 2.75) is 45.7 Å². The maximum Gasteiger partial charge on any atom is 0.357 e. The summed E-state index contributed by atoms with van der Waals surface area (Å²) in [6.07, 6.45) is -0.557. The molecule has 28 heavy (non-hydrogen) atoms. The van der Waals surface area contributed by atoms with Gasteiger partial charge in [0, 0.05) is 11.3 Å². The zero-order valence-corrected chi connectivity index (χ0v) is 18.2. The Balaban J connectivity index is 2.53. The second-order valence-electron chi connectivity index (χ2n) is 6.87. The molecule has 2 rings (SSSR count). The Kier molecular flexibility index (Phi) is 7.93. The van der Waals surface area contributed by atoms with Gasteiger partial charge in [-0.3, -0.25) is 4.57 Å². The normalized spacial score (nSPS) is 12.9. The van der Waals surface area contributed by atoms with E-state index in [1.54, 1.807) is 14.2 Å². The number of anilines is 1. The molecule has 0 bridgehead atoms. The lowest BCUT2D eigenvalue weighted by Crippen LogP contribution is -2.19. The highest BCUT2D eigenvalue weighted by atomic mass is 31.2. The second kappa shape index (κ2) is 9.97. The molecule has 1 atom stereocenters. The highest BCUT2D eigenvalue weighted by molar-refractivity contribution is 7.54. The van der Waals surface area contributed by atoms with Gasteiger partial charge in [-0.15, -0.1) is 0 Å². The molecular formula is C21H30NO5P. The molecule has 0 aliphatic carbocycles. The molecule has 0 aliphatic heterocycles. The first-order valence-electron chi connectivity index (χ1n) is 9.29. The molecule has 0 heterocycles. The van der Waals surface area contributed by atoms with Crippen LogP contribution in [0.1, 0.15) is 39.0 Å². The molecule has 0 fully saturated rings. The monoisotopic (exact) mass is 407 g/mol. The van der Waals surface area contributed by atoms with Crippen molar-refractivity contribution in [2.24, 2.45) is 0 Å². The summed E-state index contributed by atoms with van der Waals surface area (Å²) in [5, 5.41) is 3.32. The molecule has 0 radical (unpaired) electrons. The quantitative estimate of drug-likeness (QED) is 0.498. The number of nitrogens with one attached hydrogen (secondary N) is 1. The number of hydrogen-bond acceptors (Lipinski definition) is 6. The van der Waals surface area contributed by atoms with Crippen molar-refractivity contribution in [1.29, 1.82) is 0 Å². The Bertz CT molecular complexity index is 778. The van der Waals surface area contributed by atoms with Gasteiger partial charge in [0.15, 0.2) is 5.78 Å². The lowest BCUT2D eigenvalue weighted by Gasteiger charge is -2.32. The van der Waals surface area contributed by atoms with Crippen molar-refractivity contribution >= 4 is 13.3 Å². The van der Waals surface area contributed by atoms with Crippen LogP contribution in [-0.2, 0) is 13.6 Å². The van der Waals surface area contributed by atoms with E-state index in [1.807, 2.05) is 76.2 Å². The van der Waals surface area contributed by atoms with Gasteiger partial charge in [-0.05, 0) is 58.0 Å². The fraction of sp³-hybridized carbons (Fsp3) is 0.429. The standard InChI is InChI=1S/C21H30NO5P/c1-15(2)26-28(23,27-16(3)4)21(19-9-7-8-10-20(19)25-6)22-17-11-13-18(24-5)14-12-17/h7-16,21-22H,1-6H3. The zero-order valence-electron chi connectivity index (χ0n) is 17.3. The topological polar surface area (TPSA) is 66.0 Å². The van der Waals surface area contributed by atoms with E-state index in [0.717, 1.165) is 11.4 Å². The minimum absolute atomic E-state index is 0.278. The maximum absolute atomic E-state index is 13.9. The van der Waals surface area contributed by atoms with Gasteiger partial charge in [-0.2, -0.15) is 0 Å². The molecule has 7 heteroatoms. The first-order valence-corrected chi connectivity index (χ1v) is 10.9. The van der Waals surface area contributed by atoms with Gasteiger partial charge in [0.2, 0.25) is 0 Å². The molecule has 0 saturated heterocycles. The fourth-order valence-corrected chi connectivity index (χ4v) is 5.13. The Labute approximate surface area is 167 Å². The molecule has 0 saturated carbocycles. The Morgan fingerprint density at radius 3 is 1.89 bits per heavy atom. The third-order valence-corrected chi connectivity index (χ3v) is 6.33. The van der Waals surface area contributed by atoms with Gasteiger partial charge in [-0.25, -0.2) is 0 Å². The average molecular weight is 407 g/mol. The molecule has 154 valence electrons. The van der Waals surface area contributed by atoms with Crippen LogP contribution >= 0.6 is 7.60 Å². The van der Waals surface area contributed by atoms with Crippen molar-refractivity contribution in [1.82, 2.24) is 0 Å². The van der Waals surface area contributed by atoms with Crippen molar-refractivity contribution in [3.05, 3.63) is 54.1 Å². The summed E-state index contributed by atoms with van der Waals surface area (Å²) in [5.41, 5.74) is 1.46. The Morgan fingerprint density at radius 1 is 0.821 bits per heavy atom. The Morgan fingerprint density at radius 2 is 1.39 bits per heavy atom. The first-order chi connectivity index (χ1) is 13.3. The van der Waals surface area contributed by atoms with E-state index in [1.165, 1.54) is 0 Å². The molecule has 0 aromatic heterocycles. The van der Waals surface area contributed by atoms with Crippen molar-refractivity contribution in [2.75, 3.05) is 19.5 Å². The van der Waals surface area contributed by atoms with Crippen molar-refractivity contribution < 1.29 is 23.1 Å². The SMILES string of the molecule is COc1ccc(NC(c2ccccc2OC)P(=O)(OC(C)C)OC(C)C)cc1. The molecule has 0 amide bonds. The summed E-state index contributed by atoms with van der Waals surface area (Å²) >= 11 is 0. The highest BCUT2D eigenvalue weighted by Crippen LogP contribution is 2.63. The van der Waals surface area contributed by atoms with Crippen molar-refractivity contribution in [3.63, 3.8) is 0 Å². The van der Waals surface area contributed by atoms with E-state index >= 15 is 0 Å². The number of rotatable bonds is 10. The zero-order chi connectivity index (χ0) is 20.7. The van der Waals surface area contributed by atoms with Gasteiger partial charge in [0.05, 0.1) is 26.4 Å². The van der Waals surface area contributed by atoms with E-state index in [9.17, 15) is 4.57 Å². The van der Waals surface area contributed by atoms with Crippen LogP contribution < -0.4 is 14.8 Å². The lowest BCUT2D eigenvalue weighted by molar-refractivity contribution is 0.138. The van der Waals surface area contributed by atoms with Gasteiger partial charge >= 0.3 is 7.60 Å². The van der Waals surface area contributed by atoms with E-state index in [0.29, 0.717) is 11.3 Å². The largest absolute Gasteiger partial charge is 0.497 e. The number of methoxy groups -OCH3 is 2. The van der Waals surface area contributed by atoms with Crippen LogP contribution in [0.25, 0.3) is 0 Å². The van der Waals surface area contributed by atoms with Gasteiger partial charge < -0.3 is 23.8 Å². The van der Waals surface area contributed by atoms with Crippen LogP contribution in [0.3, 0.4) is 0 Å². The van der Waals surface area contributed by atoms with Gasteiger partial charge in [-0.1, -0.05) is 18.2 Å². The maximum atomic E-state index is 13.9. The van der Waals surface area contributed by atoms with Crippen LogP contribution in [0.5, 0.6) is 11.5 Å². The summed E-state index contributed by atoms with van der Waals surface area (Å²) in [6, 6.07) is 14.8. The lowest BCUT2D eigenvalue weighted by atomic mass is 10.2. The van der Waals surface area contributed by atoms with Crippen molar-refractivity contribution in [3.8, 4) is 11.5 Å². The third kappa shape index (κ3) is 5.74. The minimum Gasteiger partial charge on any atom is -0.497 e. The van der Waals surface area contributed by atoms with Crippen LogP contribution in [0.15, 0.2) is 48.5 Å². The van der Waals surface area contributed by atoms with Crippen LogP contribution in [-0.4, -0.2) is 26.4 Å². The summed E-state index contributed by atoms with van der Waals surface area (Å²) in [7, 11) is -0.414. The number of para-hydroxylation sites is 1. The predicted octanol–water partition coefficient (Wildman–Crippen LogP) is 5.86. The van der Waals surface area contributed by atoms with Crippen LogP contribution in [0.4, 0.5) is 5.69 Å². The molecule has 2 aromatic rings.